The normalized spacial score (nSPS) is 33.2. The van der Waals surface area contributed by atoms with E-state index in [1.54, 1.807) is 21.0 Å². The molecule has 0 aromatic heterocycles. The number of hydrogen-bond donors (Lipinski definition) is 1. The highest BCUT2D eigenvalue weighted by atomic mass is 35.5. The second kappa shape index (κ2) is 12.2. The maximum Gasteiger partial charge on any atom is 0.261 e. The number of aliphatic hydroxyl groups is 1. The third-order valence-electron chi connectivity index (χ3n) is 9.17. The molecule has 1 aliphatic carbocycles. The number of hydrogen-bond acceptors (Lipinski definition) is 8. The molecule has 2 saturated heterocycles. The van der Waals surface area contributed by atoms with Gasteiger partial charge in [-0.2, -0.15) is 0 Å². The number of fused-ring (bicyclic) bond motifs is 2. The van der Waals surface area contributed by atoms with Crippen LogP contribution in [0.2, 0.25) is 5.04 Å². The van der Waals surface area contributed by atoms with Gasteiger partial charge < -0.3 is 38.0 Å². The van der Waals surface area contributed by atoms with E-state index in [-0.39, 0.29) is 25.0 Å². The SMILES string of the molecule is COCOC1C(CO[Si](c2ccccc2)(c2ccccc2)C(C)(C)C)[C@@](O)(C(Cl)Cl)C2OC(C)(C)OC2[C@]12COC(C)(C)O2. The molecule has 1 N–H and O–H groups in total. The Bertz CT molecular complexity index is 1230. The number of ether oxygens (including phenoxy) is 6. The van der Waals surface area contributed by atoms with Crippen LogP contribution in [0.1, 0.15) is 48.5 Å². The van der Waals surface area contributed by atoms with Crippen LogP contribution < -0.4 is 10.4 Å². The van der Waals surface area contributed by atoms with Crippen LogP contribution in [0, 0.1) is 5.92 Å². The van der Waals surface area contributed by atoms with Crippen LogP contribution in [0.15, 0.2) is 60.7 Å². The van der Waals surface area contributed by atoms with Gasteiger partial charge in [0.1, 0.15) is 35.5 Å². The molecule has 5 rings (SSSR count). The summed E-state index contributed by atoms with van der Waals surface area (Å²) in [4.78, 5) is -1.29. The van der Waals surface area contributed by atoms with Crippen LogP contribution in [0.25, 0.3) is 0 Å². The summed E-state index contributed by atoms with van der Waals surface area (Å²) >= 11 is 13.5. The third kappa shape index (κ3) is 5.70. The summed E-state index contributed by atoms with van der Waals surface area (Å²) in [5.74, 6) is -2.89. The van der Waals surface area contributed by atoms with Crippen molar-refractivity contribution < 1.29 is 38.0 Å². The summed E-state index contributed by atoms with van der Waals surface area (Å²) in [5, 5.41) is 14.6. The molecular weight excluding hydrogens is 623 g/mol. The van der Waals surface area contributed by atoms with Gasteiger partial charge in [0.05, 0.1) is 6.61 Å². The van der Waals surface area contributed by atoms with Gasteiger partial charge in [-0.1, -0.05) is 81.4 Å². The van der Waals surface area contributed by atoms with Crippen molar-refractivity contribution in [3.8, 4) is 0 Å². The molecule has 244 valence electrons. The van der Waals surface area contributed by atoms with Crippen LogP contribution in [0.4, 0.5) is 0 Å². The molecule has 2 aromatic carbocycles. The summed E-state index contributed by atoms with van der Waals surface area (Å²) in [6.07, 6.45) is -2.67. The highest BCUT2D eigenvalue weighted by Crippen LogP contribution is 2.57. The molecule has 3 aliphatic rings. The van der Waals surface area contributed by atoms with E-state index in [0.717, 1.165) is 10.4 Å². The molecule has 44 heavy (non-hydrogen) atoms. The van der Waals surface area contributed by atoms with E-state index in [1.807, 2.05) is 50.2 Å². The van der Waals surface area contributed by atoms with Gasteiger partial charge in [-0.15, -0.1) is 23.2 Å². The van der Waals surface area contributed by atoms with Crippen molar-refractivity contribution in [1.82, 2.24) is 0 Å². The van der Waals surface area contributed by atoms with Gasteiger partial charge in [-0.25, -0.2) is 0 Å². The number of methoxy groups -OCH3 is 1. The first kappa shape index (κ1) is 34.3. The number of benzene rings is 2. The monoisotopic (exact) mass is 668 g/mol. The molecular formula is C33H46Cl2O8Si. The zero-order valence-corrected chi connectivity index (χ0v) is 29.4. The van der Waals surface area contributed by atoms with Crippen LogP contribution in [0.5, 0.6) is 0 Å². The van der Waals surface area contributed by atoms with Crippen LogP contribution in [-0.4, -0.2) is 86.5 Å². The van der Waals surface area contributed by atoms with Crippen molar-refractivity contribution in [3.63, 3.8) is 0 Å². The molecule has 4 unspecified atom stereocenters. The topological polar surface area (TPSA) is 84.8 Å². The first-order chi connectivity index (χ1) is 20.5. The van der Waals surface area contributed by atoms with Crippen LogP contribution in [0.3, 0.4) is 0 Å². The number of alkyl halides is 2. The minimum atomic E-state index is -3.06. The highest BCUT2D eigenvalue weighted by molar-refractivity contribution is 6.99. The van der Waals surface area contributed by atoms with Crippen molar-refractivity contribution in [3.05, 3.63) is 60.7 Å². The molecule has 0 amide bonds. The Labute approximate surface area is 272 Å². The van der Waals surface area contributed by atoms with E-state index < -0.39 is 60.2 Å². The lowest BCUT2D eigenvalue weighted by Gasteiger charge is -2.57. The molecule has 2 aromatic rings. The van der Waals surface area contributed by atoms with Crippen molar-refractivity contribution in [1.29, 1.82) is 0 Å². The van der Waals surface area contributed by atoms with E-state index in [0.29, 0.717) is 0 Å². The molecule has 2 heterocycles. The summed E-state index contributed by atoms with van der Waals surface area (Å²) in [6.45, 7) is 13.9. The first-order valence-corrected chi connectivity index (χ1v) is 17.9. The molecule has 11 heteroatoms. The predicted octanol–water partition coefficient (Wildman–Crippen LogP) is 4.76. The smallest absolute Gasteiger partial charge is 0.261 e. The van der Waals surface area contributed by atoms with Crippen LogP contribution in [-0.2, 0) is 32.8 Å². The molecule has 1 saturated carbocycles. The third-order valence-corrected chi connectivity index (χ3v) is 14.9. The van der Waals surface area contributed by atoms with Gasteiger partial charge in [-0.3, -0.25) is 0 Å². The van der Waals surface area contributed by atoms with Crippen molar-refractivity contribution >= 4 is 41.9 Å². The quantitative estimate of drug-likeness (QED) is 0.233. The fraction of sp³-hybridized carbons (Fsp3) is 0.636. The average Bonchev–Trinajstić information content (AvgIpc) is 3.47. The fourth-order valence-corrected chi connectivity index (χ4v) is 12.5. The van der Waals surface area contributed by atoms with E-state index in [9.17, 15) is 5.11 Å². The Balaban J connectivity index is 1.69. The molecule has 2 aliphatic heterocycles. The van der Waals surface area contributed by atoms with Gasteiger partial charge in [-0.05, 0) is 43.1 Å². The second-order valence-corrected chi connectivity index (χ2v) is 19.4. The molecule has 8 nitrogen and oxygen atoms in total. The minimum Gasteiger partial charge on any atom is -0.407 e. The van der Waals surface area contributed by atoms with Gasteiger partial charge in [0.15, 0.2) is 17.2 Å². The zero-order valence-electron chi connectivity index (χ0n) is 26.8. The van der Waals surface area contributed by atoms with Gasteiger partial charge >= 0.3 is 0 Å². The standard InChI is InChI=1S/C33H46Cl2O8Si/c1-29(2,3)44(22-15-11-9-12-16-22,23-17-13-10-14-18-23)40-19-24-25(38-21-37-8)32(20-39-30(4,5)43-32)26-27(33(24,36)28(34)35)42-31(6,7)41-26/h9-18,24-28,36H,19-21H2,1-8H3/t24?,25?,26?,27?,32-,33-/m0/s1. The molecule has 0 radical (unpaired) electrons. The summed E-state index contributed by atoms with van der Waals surface area (Å²) < 4.78 is 45.0. The highest BCUT2D eigenvalue weighted by Gasteiger charge is 2.75. The van der Waals surface area contributed by atoms with Gasteiger partial charge in [0.25, 0.3) is 8.32 Å². The van der Waals surface area contributed by atoms with E-state index in [1.165, 1.54) is 0 Å². The Morgan fingerprint density at radius 1 is 0.909 bits per heavy atom. The molecule has 3 fully saturated rings. The molecule has 0 bridgehead atoms. The largest absolute Gasteiger partial charge is 0.407 e. The Morgan fingerprint density at radius 3 is 1.91 bits per heavy atom. The maximum atomic E-state index is 12.7. The van der Waals surface area contributed by atoms with Crippen molar-refractivity contribution in [2.45, 2.75) is 99.4 Å². The number of halogens is 2. The van der Waals surface area contributed by atoms with E-state index in [2.05, 4.69) is 45.0 Å². The Morgan fingerprint density at radius 2 is 1.45 bits per heavy atom. The molecule has 6 atom stereocenters. The van der Waals surface area contributed by atoms with E-state index in [4.69, 9.17) is 56.0 Å². The minimum absolute atomic E-state index is 0.0205. The maximum absolute atomic E-state index is 12.7. The van der Waals surface area contributed by atoms with Gasteiger partial charge in [0.2, 0.25) is 0 Å². The summed E-state index contributed by atoms with van der Waals surface area (Å²) in [5.41, 5.74) is -3.07. The van der Waals surface area contributed by atoms with Gasteiger partial charge in [0, 0.05) is 19.6 Å². The predicted molar refractivity (Wildman–Crippen MR) is 172 cm³/mol. The Hall–Kier alpha value is -1.08. The lowest BCUT2D eigenvalue weighted by atomic mass is 9.64. The van der Waals surface area contributed by atoms with E-state index >= 15 is 0 Å². The van der Waals surface area contributed by atoms with Crippen molar-refractivity contribution in [2.24, 2.45) is 5.92 Å². The summed E-state index contributed by atoms with van der Waals surface area (Å²) in [7, 11) is -1.52. The second-order valence-electron chi connectivity index (χ2n) is 14.0. The first-order valence-electron chi connectivity index (χ1n) is 15.1. The van der Waals surface area contributed by atoms with Crippen LogP contribution >= 0.6 is 23.2 Å². The summed E-state index contributed by atoms with van der Waals surface area (Å²) in [6, 6.07) is 20.6. The Kier molecular flexibility index (Phi) is 9.48. The molecule has 1 spiro atoms. The van der Waals surface area contributed by atoms with Crippen molar-refractivity contribution in [2.75, 3.05) is 27.1 Å². The lowest BCUT2D eigenvalue weighted by molar-refractivity contribution is -0.298. The fourth-order valence-electron chi connectivity index (χ4n) is 7.38. The zero-order chi connectivity index (χ0) is 32.2. The number of rotatable bonds is 9. The lowest BCUT2D eigenvalue weighted by Crippen LogP contribution is -2.77. The average molecular weight is 670 g/mol.